The normalized spacial score (nSPS) is 10.9. The maximum absolute atomic E-state index is 12.6. The first kappa shape index (κ1) is 19.1. The molecule has 2 aromatic rings. The van der Waals surface area contributed by atoms with Crippen LogP contribution in [0, 0.1) is 0 Å². The van der Waals surface area contributed by atoms with Gasteiger partial charge in [0, 0.05) is 28.3 Å². The fourth-order valence-electron chi connectivity index (χ4n) is 2.38. The van der Waals surface area contributed by atoms with Crippen LogP contribution < -0.4 is 20.1 Å². The SMILES string of the molecule is COc1ccc(CNC(=O)C(C)(C)Nc2cccc(Br)c2)c(OC)c1. The number of hydrogen-bond donors (Lipinski definition) is 2. The van der Waals surface area contributed by atoms with E-state index >= 15 is 0 Å². The molecule has 134 valence electrons. The van der Waals surface area contributed by atoms with Crippen LogP contribution in [0.3, 0.4) is 0 Å². The zero-order chi connectivity index (χ0) is 18.4. The molecule has 0 aliphatic rings. The van der Waals surface area contributed by atoms with E-state index in [-0.39, 0.29) is 5.91 Å². The van der Waals surface area contributed by atoms with E-state index in [2.05, 4.69) is 26.6 Å². The van der Waals surface area contributed by atoms with Crippen molar-refractivity contribution in [2.45, 2.75) is 25.9 Å². The van der Waals surface area contributed by atoms with Gasteiger partial charge in [-0.1, -0.05) is 22.0 Å². The molecule has 0 aromatic heterocycles. The molecule has 0 spiro atoms. The van der Waals surface area contributed by atoms with Crippen LogP contribution in [-0.2, 0) is 11.3 Å². The van der Waals surface area contributed by atoms with E-state index in [0.29, 0.717) is 18.0 Å². The summed E-state index contributed by atoms with van der Waals surface area (Å²) >= 11 is 3.43. The third-order valence-electron chi connectivity index (χ3n) is 3.78. The van der Waals surface area contributed by atoms with Crippen molar-refractivity contribution in [1.29, 1.82) is 0 Å². The molecule has 0 atom stereocenters. The first-order valence-corrected chi connectivity index (χ1v) is 8.68. The molecule has 5 nitrogen and oxygen atoms in total. The second kappa shape index (κ2) is 8.25. The first-order chi connectivity index (χ1) is 11.9. The minimum Gasteiger partial charge on any atom is -0.497 e. The van der Waals surface area contributed by atoms with Crippen molar-refractivity contribution < 1.29 is 14.3 Å². The van der Waals surface area contributed by atoms with Gasteiger partial charge in [-0.2, -0.15) is 0 Å². The van der Waals surface area contributed by atoms with Crippen molar-refractivity contribution in [2.75, 3.05) is 19.5 Å². The number of rotatable bonds is 7. The topological polar surface area (TPSA) is 59.6 Å². The molecule has 0 saturated heterocycles. The summed E-state index contributed by atoms with van der Waals surface area (Å²) in [6.45, 7) is 4.05. The van der Waals surface area contributed by atoms with E-state index < -0.39 is 5.54 Å². The van der Waals surface area contributed by atoms with Crippen LogP contribution in [0.4, 0.5) is 5.69 Å². The van der Waals surface area contributed by atoms with E-state index in [1.54, 1.807) is 20.3 Å². The Morgan fingerprint density at radius 2 is 1.88 bits per heavy atom. The second-order valence-corrected chi connectivity index (χ2v) is 7.04. The number of nitrogens with one attached hydrogen (secondary N) is 2. The van der Waals surface area contributed by atoms with Crippen molar-refractivity contribution in [3.05, 3.63) is 52.5 Å². The minimum atomic E-state index is -0.763. The molecule has 1 amide bonds. The Kier molecular flexibility index (Phi) is 6.31. The Morgan fingerprint density at radius 1 is 1.12 bits per heavy atom. The van der Waals surface area contributed by atoms with Crippen LogP contribution in [-0.4, -0.2) is 25.7 Å². The Bertz CT molecular complexity index is 747. The number of hydrogen-bond acceptors (Lipinski definition) is 4. The fourth-order valence-corrected chi connectivity index (χ4v) is 2.78. The van der Waals surface area contributed by atoms with Gasteiger partial charge in [0.1, 0.15) is 17.0 Å². The summed E-state index contributed by atoms with van der Waals surface area (Å²) in [5, 5.41) is 6.20. The van der Waals surface area contributed by atoms with Gasteiger partial charge in [0.15, 0.2) is 0 Å². The summed E-state index contributed by atoms with van der Waals surface area (Å²) < 4.78 is 11.5. The third kappa shape index (κ3) is 5.13. The van der Waals surface area contributed by atoms with Gasteiger partial charge in [0.25, 0.3) is 0 Å². The largest absolute Gasteiger partial charge is 0.497 e. The Hall–Kier alpha value is -2.21. The zero-order valence-electron chi connectivity index (χ0n) is 14.9. The molecule has 0 fully saturated rings. The maximum atomic E-state index is 12.6. The van der Waals surface area contributed by atoms with Crippen LogP contribution in [0.1, 0.15) is 19.4 Å². The third-order valence-corrected chi connectivity index (χ3v) is 4.28. The van der Waals surface area contributed by atoms with E-state index in [4.69, 9.17) is 9.47 Å². The summed E-state index contributed by atoms with van der Waals surface area (Å²) in [5.41, 5.74) is 0.993. The van der Waals surface area contributed by atoms with Crippen molar-refractivity contribution >= 4 is 27.5 Å². The number of anilines is 1. The zero-order valence-corrected chi connectivity index (χ0v) is 16.4. The first-order valence-electron chi connectivity index (χ1n) is 7.88. The molecule has 0 radical (unpaired) electrons. The monoisotopic (exact) mass is 406 g/mol. The molecule has 2 aromatic carbocycles. The molecule has 0 unspecified atom stereocenters. The van der Waals surface area contributed by atoms with E-state index in [0.717, 1.165) is 15.7 Å². The molecule has 25 heavy (non-hydrogen) atoms. The van der Waals surface area contributed by atoms with E-state index in [1.165, 1.54) is 0 Å². The van der Waals surface area contributed by atoms with Crippen LogP contribution in [0.5, 0.6) is 11.5 Å². The summed E-state index contributed by atoms with van der Waals surface area (Å²) in [6, 6.07) is 13.2. The Balaban J connectivity index is 2.03. The van der Waals surface area contributed by atoms with Crippen LogP contribution in [0.15, 0.2) is 46.9 Å². The highest BCUT2D eigenvalue weighted by Gasteiger charge is 2.27. The average molecular weight is 407 g/mol. The highest BCUT2D eigenvalue weighted by atomic mass is 79.9. The van der Waals surface area contributed by atoms with Crippen LogP contribution >= 0.6 is 15.9 Å². The molecular formula is C19H23BrN2O3. The summed E-state index contributed by atoms with van der Waals surface area (Å²) in [6.07, 6.45) is 0. The quantitative estimate of drug-likeness (QED) is 0.729. The molecule has 6 heteroatoms. The smallest absolute Gasteiger partial charge is 0.245 e. The number of halogens is 1. The standard InChI is InChI=1S/C19H23BrN2O3/c1-19(2,22-15-7-5-6-14(20)10-15)18(23)21-12-13-8-9-16(24-3)11-17(13)25-4/h5-11,22H,12H2,1-4H3,(H,21,23). The molecule has 0 heterocycles. The number of methoxy groups -OCH3 is 2. The highest BCUT2D eigenvalue weighted by molar-refractivity contribution is 9.10. The fraction of sp³-hybridized carbons (Fsp3) is 0.316. The maximum Gasteiger partial charge on any atom is 0.245 e. The van der Waals surface area contributed by atoms with Gasteiger partial charge in [-0.05, 0) is 44.2 Å². The number of amides is 1. The number of benzene rings is 2. The van der Waals surface area contributed by atoms with Gasteiger partial charge < -0.3 is 20.1 Å². The lowest BCUT2D eigenvalue weighted by molar-refractivity contribution is -0.124. The van der Waals surface area contributed by atoms with Crippen LogP contribution in [0.2, 0.25) is 0 Å². The molecule has 0 aliphatic carbocycles. The highest BCUT2D eigenvalue weighted by Crippen LogP contribution is 2.25. The number of carbonyl (C=O) groups is 1. The van der Waals surface area contributed by atoms with Crippen molar-refractivity contribution in [1.82, 2.24) is 5.32 Å². The van der Waals surface area contributed by atoms with Crippen molar-refractivity contribution in [2.24, 2.45) is 0 Å². The Labute approximate surface area is 156 Å². The molecular weight excluding hydrogens is 384 g/mol. The second-order valence-electron chi connectivity index (χ2n) is 6.12. The van der Waals surface area contributed by atoms with Gasteiger partial charge >= 0.3 is 0 Å². The predicted octanol–water partition coefficient (Wildman–Crippen LogP) is 3.97. The molecule has 0 aliphatic heterocycles. The lowest BCUT2D eigenvalue weighted by Crippen LogP contribution is -2.47. The van der Waals surface area contributed by atoms with E-state index in [1.807, 2.05) is 50.2 Å². The van der Waals surface area contributed by atoms with Gasteiger partial charge in [-0.15, -0.1) is 0 Å². The van der Waals surface area contributed by atoms with Gasteiger partial charge in [-0.25, -0.2) is 0 Å². The number of carbonyl (C=O) groups excluding carboxylic acids is 1. The van der Waals surface area contributed by atoms with Crippen molar-refractivity contribution in [3.8, 4) is 11.5 Å². The summed E-state index contributed by atoms with van der Waals surface area (Å²) in [7, 11) is 3.20. The summed E-state index contributed by atoms with van der Waals surface area (Å²) in [4.78, 5) is 12.6. The average Bonchev–Trinajstić information content (AvgIpc) is 2.59. The molecule has 0 bridgehead atoms. The number of ether oxygens (including phenoxy) is 2. The van der Waals surface area contributed by atoms with Gasteiger partial charge in [-0.3, -0.25) is 4.79 Å². The Morgan fingerprint density at radius 3 is 2.52 bits per heavy atom. The molecule has 2 rings (SSSR count). The van der Waals surface area contributed by atoms with Gasteiger partial charge in [0.2, 0.25) is 5.91 Å². The van der Waals surface area contributed by atoms with Gasteiger partial charge in [0.05, 0.1) is 14.2 Å². The van der Waals surface area contributed by atoms with Crippen molar-refractivity contribution in [3.63, 3.8) is 0 Å². The predicted molar refractivity (Wildman–Crippen MR) is 103 cm³/mol. The van der Waals surface area contributed by atoms with Crippen LogP contribution in [0.25, 0.3) is 0 Å². The molecule has 0 saturated carbocycles. The lowest BCUT2D eigenvalue weighted by atomic mass is 10.0. The molecule has 2 N–H and O–H groups in total. The summed E-state index contributed by atoms with van der Waals surface area (Å²) in [5.74, 6) is 1.28. The minimum absolute atomic E-state index is 0.106. The van der Waals surface area contributed by atoms with E-state index in [9.17, 15) is 4.79 Å². The lowest BCUT2D eigenvalue weighted by Gasteiger charge is -2.26.